The number of rotatable bonds is 6. The van der Waals surface area contributed by atoms with Gasteiger partial charge in [-0.25, -0.2) is 4.98 Å². The Kier molecular flexibility index (Phi) is 5.65. The van der Waals surface area contributed by atoms with E-state index in [1.165, 1.54) is 31.5 Å². The Morgan fingerprint density at radius 1 is 1.17 bits per heavy atom. The summed E-state index contributed by atoms with van der Waals surface area (Å²) in [4.78, 5) is 29.2. The van der Waals surface area contributed by atoms with Gasteiger partial charge in [0.05, 0.1) is 16.8 Å². The van der Waals surface area contributed by atoms with Gasteiger partial charge in [0.25, 0.3) is 11.6 Å². The molecule has 156 valence electrons. The van der Waals surface area contributed by atoms with Crippen LogP contribution < -0.4 is 4.74 Å². The lowest BCUT2D eigenvalue weighted by Crippen LogP contribution is -2.40. The number of nitrogens with zero attached hydrogens (tertiary/aromatic N) is 4. The van der Waals surface area contributed by atoms with Gasteiger partial charge in [-0.15, -0.1) is 0 Å². The van der Waals surface area contributed by atoms with Crippen LogP contribution in [-0.2, 0) is 4.79 Å². The second-order valence-corrected chi connectivity index (χ2v) is 7.65. The van der Waals surface area contributed by atoms with E-state index in [0.29, 0.717) is 23.1 Å². The zero-order chi connectivity index (χ0) is 21.1. The number of benzene rings is 1. The van der Waals surface area contributed by atoms with Crippen LogP contribution in [0.4, 0.5) is 5.69 Å². The Balaban J connectivity index is 1.39. The first kappa shape index (κ1) is 19.9. The fourth-order valence-corrected chi connectivity index (χ4v) is 3.87. The monoisotopic (exact) mass is 408 g/mol. The first-order chi connectivity index (χ1) is 14.5. The van der Waals surface area contributed by atoms with Crippen molar-refractivity contribution >= 4 is 17.2 Å². The first-order valence-corrected chi connectivity index (χ1v) is 10.1. The average Bonchev–Trinajstić information content (AvgIpc) is 3.21. The van der Waals surface area contributed by atoms with Gasteiger partial charge in [0.2, 0.25) is 0 Å². The van der Waals surface area contributed by atoms with Crippen molar-refractivity contribution in [3.63, 3.8) is 0 Å². The third kappa shape index (κ3) is 4.27. The number of pyridine rings is 1. The fourth-order valence-electron chi connectivity index (χ4n) is 3.87. The molecule has 8 nitrogen and oxygen atoms in total. The van der Waals surface area contributed by atoms with Gasteiger partial charge in [-0.05, 0) is 43.2 Å². The van der Waals surface area contributed by atoms with E-state index in [1.807, 2.05) is 24.1 Å². The van der Waals surface area contributed by atoms with Crippen LogP contribution in [-0.4, -0.2) is 44.8 Å². The molecule has 1 aromatic carbocycles. The Bertz CT molecular complexity index is 1050. The molecule has 3 aromatic rings. The highest BCUT2D eigenvalue weighted by molar-refractivity contribution is 5.77. The lowest BCUT2D eigenvalue weighted by atomic mass is 9.94. The molecular weight excluding hydrogens is 384 g/mol. The average molecular weight is 408 g/mol. The molecule has 1 fully saturated rings. The first-order valence-electron chi connectivity index (χ1n) is 10.1. The second kappa shape index (κ2) is 8.52. The molecule has 0 atom stereocenters. The van der Waals surface area contributed by atoms with Crippen LogP contribution in [0.5, 0.6) is 5.75 Å². The van der Waals surface area contributed by atoms with Crippen LogP contribution >= 0.6 is 0 Å². The Hall–Kier alpha value is -3.42. The van der Waals surface area contributed by atoms with Gasteiger partial charge < -0.3 is 9.64 Å². The molecule has 0 unspecified atom stereocenters. The normalized spacial score (nSPS) is 14.6. The van der Waals surface area contributed by atoms with Crippen molar-refractivity contribution in [1.29, 1.82) is 0 Å². The highest BCUT2D eigenvalue weighted by Gasteiger charge is 2.22. The number of ether oxygens (including phenoxy) is 1. The molecule has 2 heterocycles. The lowest BCUT2D eigenvalue weighted by molar-refractivity contribution is -0.385. The molecule has 1 amide bonds. The summed E-state index contributed by atoms with van der Waals surface area (Å²) in [6, 6.07) is 10.7. The van der Waals surface area contributed by atoms with E-state index in [9.17, 15) is 14.9 Å². The van der Waals surface area contributed by atoms with E-state index in [2.05, 4.69) is 4.98 Å². The fraction of sp³-hybridized carbons (Fsp3) is 0.364. The number of carbonyl (C=O) groups excluding carboxylic acids is 1. The third-order valence-electron chi connectivity index (χ3n) is 5.67. The van der Waals surface area contributed by atoms with E-state index >= 15 is 0 Å². The topological polar surface area (TPSA) is 90.0 Å². The van der Waals surface area contributed by atoms with Crippen LogP contribution in [0.1, 0.15) is 32.1 Å². The molecule has 1 aliphatic carbocycles. The van der Waals surface area contributed by atoms with Gasteiger partial charge in [0, 0.05) is 30.9 Å². The van der Waals surface area contributed by atoms with Gasteiger partial charge in [0.15, 0.2) is 6.61 Å². The highest BCUT2D eigenvalue weighted by Crippen LogP contribution is 2.24. The Morgan fingerprint density at radius 3 is 2.60 bits per heavy atom. The van der Waals surface area contributed by atoms with Gasteiger partial charge in [-0.3, -0.25) is 19.3 Å². The maximum Gasteiger partial charge on any atom is 0.286 e. The quantitative estimate of drug-likeness (QED) is 0.453. The summed E-state index contributed by atoms with van der Waals surface area (Å²) >= 11 is 0. The van der Waals surface area contributed by atoms with Gasteiger partial charge in [0.1, 0.15) is 11.4 Å². The molecule has 0 aliphatic heterocycles. The highest BCUT2D eigenvalue weighted by atomic mass is 16.6. The lowest BCUT2D eigenvalue weighted by Gasteiger charge is -2.31. The van der Waals surface area contributed by atoms with Crippen molar-refractivity contribution in [3.05, 3.63) is 58.9 Å². The van der Waals surface area contributed by atoms with E-state index in [1.54, 1.807) is 28.8 Å². The summed E-state index contributed by atoms with van der Waals surface area (Å²) < 4.78 is 7.32. The molecule has 1 saturated carbocycles. The summed E-state index contributed by atoms with van der Waals surface area (Å²) in [5, 5.41) is 10.9. The minimum Gasteiger partial charge on any atom is -0.484 e. The standard InChI is InChI=1S/C22H24N4O4/c1-24(17-5-3-2-4-6-17)22(27)15-30-19-10-7-16(8-11-19)20-14-25-13-18(26(28)29)9-12-21(25)23-20/h7-14,17H,2-6,15H2,1H3. The molecule has 0 saturated heterocycles. The largest absolute Gasteiger partial charge is 0.484 e. The molecule has 1 aliphatic rings. The van der Waals surface area contributed by atoms with E-state index < -0.39 is 4.92 Å². The van der Waals surface area contributed by atoms with Crippen molar-refractivity contribution < 1.29 is 14.5 Å². The molecule has 0 bridgehead atoms. The van der Waals surface area contributed by atoms with E-state index in [0.717, 1.165) is 18.4 Å². The molecule has 0 radical (unpaired) electrons. The van der Waals surface area contributed by atoms with Gasteiger partial charge in [-0.1, -0.05) is 19.3 Å². The zero-order valence-corrected chi connectivity index (χ0v) is 16.9. The smallest absolute Gasteiger partial charge is 0.286 e. The van der Waals surface area contributed by atoms with Crippen molar-refractivity contribution in [1.82, 2.24) is 14.3 Å². The summed E-state index contributed by atoms with van der Waals surface area (Å²) in [5.41, 5.74) is 2.21. The number of aromatic nitrogens is 2. The number of hydrogen-bond donors (Lipinski definition) is 0. The van der Waals surface area contributed by atoms with Crippen LogP contribution in [0.25, 0.3) is 16.9 Å². The summed E-state index contributed by atoms with van der Waals surface area (Å²) in [6.45, 7) is 0.0182. The zero-order valence-electron chi connectivity index (χ0n) is 16.9. The molecule has 30 heavy (non-hydrogen) atoms. The molecule has 8 heteroatoms. The number of likely N-dealkylation sites (N-methyl/N-ethyl adjacent to an activating group) is 1. The van der Waals surface area contributed by atoms with Crippen LogP contribution in [0, 0.1) is 10.1 Å². The molecular formula is C22H24N4O4. The number of nitro groups is 1. The van der Waals surface area contributed by atoms with Crippen molar-refractivity contribution in [3.8, 4) is 17.0 Å². The molecule has 0 N–H and O–H groups in total. The number of fused-ring (bicyclic) bond motifs is 1. The third-order valence-corrected chi connectivity index (χ3v) is 5.67. The van der Waals surface area contributed by atoms with E-state index in [4.69, 9.17) is 4.74 Å². The molecule has 2 aromatic heterocycles. The number of carbonyl (C=O) groups is 1. The minimum atomic E-state index is -0.432. The van der Waals surface area contributed by atoms with Crippen molar-refractivity contribution in [2.75, 3.05) is 13.7 Å². The SMILES string of the molecule is CN(C(=O)COc1ccc(-c2cn3cc([N+](=O)[O-])ccc3n2)cc1)C1CCCCC1. The van der Waals surface area contributed by atoms with Gasteiger partial charge >= 0.3 is 0 Å². The number of imidazole rings is 1. The summed E-state index contributed by atoms with van der Waals surface area (Å²) in [7, 11) is 1.86. The van der Waals surface area contributed by atoms with Crippen LogP contribution in [0.15, 0.2) is 48.8 Å². The van der Waals surface area contributed by atoms with Crippen LogP contribution in [0.2, 0.25) is 0 Å². The second-order valence-electron chi connectivity index (χ2n) is 7.65. The number of hydrogen-bond acceptors (Lipinski definition) is 5. The van der Waals surface area contributed by atoms with Crippen LogP contribution in [0.3, 0.4) is 0 Å². The summed E-state index contributed by atoms with van der Waals surface area (Å²) in [6.07, 6.45) is 8.95. The summed E-state index contributed by atoms with van der Waals surface area (Å²) in [5.74, 6) is 0.608. The van der Waals surface area contributed by atoms with Crippen molar-refractivity contribution in [2.45, 2.75) is 38.1 Å². The van der Waals surface area contributed by atoms with Crippen molar-refractivity contribution in [2.24, 2.45) is 0 Å². The van der Waals surface area contributed by atoms with E-state index in [-0.39, 0.29) is 18.2 Å². The maximum absolute atomic E-state index is 12.4. The molecule has 4 rings (SSSR count). The predicted octanol–water partition coefficient (Wildman–Crippen LogP) is 4.08. The van der Waals surface area contributed by atoms with Gasteiger partial charge in [-0.2, -0.15) is 0 Å². The maximum atomic E-state index is 12.4. The minimum absolute atomic E-state index is 0.00655. The predicted molar refractivity (Wildman–Crippen MR) is 112 cm³/mol. The Labute approximate surface area is 174 Å². The number of amides is 1. The Morgan fingerprint density at radius 2 is 1.90 bits per heavy atom. The molecule has 0 spiro atoms.